The zero-order valence-electron chi connectivity index (χ0n) is 10.9. The summed E-state index contributed by atoms with van der Waals surface area (Å²) >= 11 is 0. The summed E-state index contributed by atoms with van der Waals surface area (Å²) in [4.78, 5) is 14.4. The normalized spacial score (nSPS) is 17.7. The third-order valence-corrected chi connectivity index (χ3v) is 3.13. The van der Waals surface area contributed by atoms with Gasteiger partial charge in [0.25, 0.3) is 0 Å². The van der Waals surface area contributed by atoms with Crippen LogP contribution < -0.4 is 15.8 Å². The molecule has 100 valence electrons. The number of rotatable bonds is 5. The van der Waals surface area contributed by atoms with E-state index in [0.717, 1.165) is 6.54 Å². The van der Waals surface area contributed by atoms with Crippen molar-refractivity contribution in [1.29, 1.82) is 0 Å². The van der Waals surface area contributed by atoms with Crippen LogP contribution in [-0.4, -0.2) is 52.6 Å². The number of hydrogen-bond donors (Lipinski definition) is 2. The molecule has 0 amide bonds. The molecule has 7 heteroatoms. The van der Waals surface area contributed by atoms with Crippen LogP contribution in [0.4, 0.5) is 11.9 Å². The Bertz CT molecular complexity index is 393. The number of methoxy groups -OCH3 is 1. The third-order valence-electron chi connectivity index (χ3n) is 3.13. The van der Waals surface area contributed by atoms with E-state index in [0.29, 0.717) is 12.0 Å². The van der Waals surface area contributed by atoms with Gasteiger partial charge in [0.1, 0.15) is 0 Å². The molecule has 1 unspecified atom stereocenters. The van der Waals surface area contributed by atoms with Crippen molar-refractivity contribution < 1.29 is 4.74 Å². The molecule has 0 spiro atoms. The highest BCUT2D eigenvalue weighted by molar-refractivity contribution is 5.32. The van der Waals surface area contributed by atoms with Gasteiger partial charge in [-0.05, 0) is 32.9 Å². The van der Waals surface area contributed by atoms with E-state index < -0.39 is 0 Å². The van der Waals surface area contributed by atoms with Crippen molar-refractivity contribution in [1.82, 2.24) is 19.9 Å². The van der Waals surface area contributed by atoms with E-state index in [1.165, 1.54) is 33.0 Å². The molecule has 18 heavy (non-hydrogen) atoms. The first-order valence-electron chi connectivity index (χ1n) is 6.22. The van der Waals surface area contributed by atoms with Crippen molar-refractivity contribution in [2.75, 3.05) is 37.8 Å². The molecule has 0 bridgehead atoms. The van der Waals surface area contributed by atoms with Crippen molar-refractivity contribution in [3.05, 3.63) is 0 Å². The monoisotopic (exact) mass is 252 g/mol. The van der Waals surface area contributed by atoms with Crippen molar-refractivity contribution in [2.24, 2.45) is 0 Å². The van der Waals surface area contributed by atoms with E-state index in [-0.39, 0.29) is 12.0 Å². The Hall–Kier alpha value is -1.63. The van der Waals surface area contributed by atoms with Gasteiger partial charge in [-0.2, -0.15) is 15.0 Å². The summed E-state index contributed by atoms with van der Waals surface area (Å²) in [6.07, 6.45) is 2.58. The van der Waals surface area contributed by atoms with Crippen LogP contribution in [0.15, 0.2) is 0 Å². The van der Waals surface area contributed by atoms with Gasteiger partial charge in [-0.3, -0.25) is 4.90 Å². The van der Waals surface area contributed by atoms with Crippen LogP contribution in [0.5, 0.6) is 6.01 Å². The molecule has 1 atom stereocenters. The van der Waals surface area contributed by atoms with E-state index >= 15 is 0 Å². The summed E-state index contributed by atoms with van der Waals surface area (Å²) in [5.74, 6) is 0.628. The minimum absolute atomic E-state index is 0.165. The molecule has 7 nitrogen and oxygen atoms in total. The molecular formula is C11H20N6O. The molecule has 3 N–H and O–H groups in total. The molecule has 2 rings (SSSR count). The second-order valence-corrected chi connectivity index (χ2v) is 4.48. The first kappa shape index (κ1) is 12.8. The van der Waals surface area contributed by atoms with Crippen LogP contribution in [0.3, 0.4) is 0 Å². The average molecular weight is 252 g/mol. The molecule has 0 aromatic carbocycles. The minimum Gasteiger partial charge on any atom is -0.467 e. The van der Waals surface area contributed by atoms with Gasteiger partial charge in [0, 0.05) is 12.6 Å². The van der Waals surface area contributed by atoms with Gasteiger partial charge in [-0.1, -0.05) is 0 Å². The van der Waals surface area contributed by atoms with Crippen LogP contribution in [0.1, 0.15) is 19.8 Å². The zero-order valence-corrected chi connectivity index (χ0v) is 10.9. The number of ether oxygens (including phenoxy) is 1. The first-order chi connectivity index (χ1) is 8.69. The lowest BCUT2D eigenvalue weighted by atomic mass is 10.3. The number of nitrogens with zero attached hydrogens (tertiary/aromatic N) is 4. The molecule has 1 aliphatic heterocycles. The van der Waals surface area contributed by atoms with Gasteiger partial charge in [-0.15, -0.1) is 0 Å². The molecule has 0 saturated carbocycles. The molecular weight excluding hydrogens is 232 g/mol. The SMILES string of the molecule is COc1nc(N)nc(NCC(C)N2CCCC2)n1. The molecule has 1 aliphatic rings. The van der Waals surface area contributed by atoms with Crippen molar-refractivity contribution in [2.45, 2.75) is 25.8 Å². The Morgan fingerprint density at radius 2 is 2.06 bits per heavy atom. The highest BCUT2D eigenvalue weighted by atomic mass is 16.5. The summed E-state index contributed by atoms with van der Waals surface area (Å²) < 4.78 is 4.95. The fourth-order valence-corrected chi connectivity index (χ4v) is 2.09. The Kier molecular flexibility index (Phi) is 4.14. The largest absolute Gasteiger partial charge is 0.467 e. The first-order valence-corrected chi connectivity index (χ1v) is 6.22. The Balaban J connectivity index is 1.90. The molecule has 2 heterocycles. The Labute approximate surface area is 107 Å². The lowest BCUT2D eigenvalue weighted by Gasteiger charge is -2.23. The second kappa shape index (κ2) is 5.81. The highest BCUT2D eigenvalue weighted by Gasteiger charge is 2.18. The minimum atomic E-state index is 0.165. The molecule has 1 aromatic rings. The predicted octanol–water partition coefficient (Wildman–Crippen LogP) is 0.359. The topological polar surface area (TPSA) is 89.2 Å². The van der Waals surface area contributed by atoms with Gasteiger partial charge in [0.2, 0.25) is 11.9 Å². The molecule has 1 aromatic heterocycles. The zero-order chi connectivity index (χ0) is 13.0. The highest BCUT2D eigenvalue weighted by Crippen LogP contribution is 2.13. The number of nitrogens with one attached hydrogen (secondary N) is 1. The van der Waals surface area contributed by atoms with E-state index in [2.05, 4.69) is 32.1 Å². The fraction of sp³-hybridized carbons (Fsp3) is 0.727. The Morgan fingerprint density at radius 1 is 1.33 bits per heavy atom. The van der Waals surface area contributed by atoms with Crippen LogP contribution in [-0.2, 0) is 0 Å². The van der Waals surface area contributed by atoms with Crippen molar-refractivity contribution in [3.8, 4) is 6.01 Å². The van der Waals surface area contributed by atoms with Crippen LogP contribution in [0.2, 0.25) is 0 Å². The number of likely N-dealkylation sites (tertiary alicyclic amines) is 1. The van der Waals surface area contributed by atoms with E-state index in [1.807, 2.05) is 0 Å². The number of nitrogens with two attached hydrogens (primary N) is 1. The number of hydrogen-bond acceptors (Lipinski definition) is 7. The summed E-state index contributed by atoms with van der Waals surface area (Å²) in [6.45, 7) is 5.32. The van der Waals surface area contributed by atoms with Gasteiger partial charge in [0.05, 0.1) is 7.11 Å². The van der Waals surface area contributed by atoms with Gasteiger partial charge < -0.3 is 15.8 Å². The maximum Gasteiger partial charge on any atom is 0.322 e. The maximum absolute atomic E-state index is 5.57. The van der Waals surface area contributed by atoms with Crippen molar-refractivity contribution >= 4 is 11.9 Å². The summed E-state index contributed by atoms with van der Waals surface area (Å²) in [5, 5.41) is 3.17. The third kappa shape index (κ3) is 3.19. The predicted molar refractivity (Wildman–Crippen MR) is 69.6 cm³/mol. The smallest absolute Gasteiger partial charge is 0.322 e. The fourth-order valence-electron chi connectivity index (χ4n) is 2.09. The quantitative estimate of drug-likeness (QED) is 0.782. The number of nitrogen functional groups attached to an aromatic ring is 1. The lowest BCUT2D eigenvalue weighted by molar-refractivity contribution is 0.269. The van der Waals surface area contributed by atoms with Crippen LogP contribution >= 0.6 is 0 Å². The van der Waals surface area contributed by atoms with E-state index in [9.17, 15) is 0 Å². The van der Waals surface area contributed by atoms with Gasteiger partial charge in [0.15, 0.2) is 0 Å². The molecule has 1 fully saturated rings. The number of anilines is 2. The summed E-state index contributed by atoms with van der Waals surface area (Å²) in [7, 11) is 1.51. The molecule has 1 saturated heterocycles. The molecule has 0 aliphatic carbocycles. The van der Waals surface area contributed by atoms with E-state index in [1.54, 1.807) is 0 Å². The Morgan fingerprint density at radius 3 is 2.72 bits per heavy atom. The van der Waals surface area contributed by atoms with Gasteiger partial charge >= 0.3 is 6.01 Å². The van der Waals surface area contributed by atoms with Crippen LogP contribution in [0, 0.1) is 0 Å². The van der Waals surface area contributed by atoms with Gasteiger partial charge in [-0.25, -0.2) is 0 Å². The van der Waals surface area contributed by atoms with Crippen LogP contribution in [0.25, 0.3) is 0 Å². The summed E-state index contributed by atoms with van der Waals surface area (Å²) in [5.41, 5.74) is 5.57. The van der Waals surface area contributed by atoms with E-state index in [4.69, 9.17) is 10.5 Å². The standard InChI is InChI=1S/C11H20N6O/c1-8(17-5-3-4-6-17)7-13-10-14-9(12)15-11(16-10)18-2/h8H,3-7H2,1-2H3,(H3,12,13,14,15,16). The second-order valence-electron chi connectivity index (χ2n) is 4.48. The number of aromatic nitrogens is 3. The average Bonchev–Trinajstić information content (AvgIpc) is 2.89. The lowest BCUT2D eigenvalue weighted by Crippen LogP contribution is -2.35. The maximum atomic E-state index is 5.57. The molecule has 0 radical (unpaired) electrons. The summed E-state index contributed by atoms with van der Waals surface area (Å²) in [6, 6.07) is 0.690. The van der Waals surface area contributed by atoms with Crippen molar-refractivity contribution in [3.63, 3.8) is 0 Å².